The highest BCUT2D eigenvalue weighted by Crippen LogP contribution is 2.29. The van der Waals surface area contributed by atoms with Crippen LogP contribution in [0.5, 0.6) is 0 Å². The Balaban J connectivity index is 1.37. The van der Waals surface area contributed by atoms with Gasteiger partial charge in [0.15, 0.2) is 0 Å². The maximum atomic E-state index is 14.9. The van der Waals surface area contributed by atoms with Crippen molar-refractivity contribution in [1.82, 2.24) is 21.5 Å². The number of rotatable bonds is 8. The third kappa shape index (κ3) is 5.16. The van der Waals surface area contributed by atoms with Crippen LogP contribution >= 0.6 is 0 Å². The van der Waals surface area contributed by atoms with Gasteiger partial charge in [0.1, 0.15) is 11.9 Å². The molecule has 0 aromatic heterocycles. The second-order valence-corrected chi connectivity index (χ2v) is 7.64. The molecular weight excluding hydrogens is 415 g/mol. The van der Waals surface area contributed by atoms with Gasteiger partial charge in [-0.3, -0.25) is 9.69 Å². The fourth-order valence-corrected chi connectivity index (χ4v) is 3.57. The van der Waals surface area contributed by atoms with Gasteiger partial charge in [-0.1, -0.05) is 24.3 Å². The van der Waals surface area contributed by atoms with E-state index in [0.717, 1.165) is 16.8 Å². The summed E-state index contributed by atoms with van der Waals surface area (Å²) in [6, 6.07) is 12.4. The number of halogens is 1. The van der Waals surface area contributed by atoms with Crippen LogP contribution < -0.4 is 31.9 Å². The number of ether oxygens (including phenoxy) is 1. The molecular formula is C22H26FN6O3+. The normalized spacial score (nSPS) is 17.4. The van der Waals surface area contributed by atoms with Gasteiger partial charge in [-0.2, -0.15) is 5.53 Å². The standard InChI is InChI=1S/C22H25FN6O3/c1-14(30)25-12-19-13-29(22(31)32-19)18-6-7-20(21(23)8-18)16-4-2-15(3-5-16)9-24-10-17-11-26-28-27-17/h2-8,11,19,24,26-28H,9-10,12-13H2,1H3,(H,25,30)/p+1/t19-/m0/s1. The van der Waals surface area contributed by atoms with E-state index >= 15 is 0 Å². The number of hydrogen-bond acceptors (Lipinski definition) is 6. The van der Waals surface area contributed by atoms with Crippen LogP contribution in [-0.2, 0) is 16.1 Å². The first-order valence-corrected chi connectivity index (χ1v) is 10.3. The zero-order valence-corrected chi connectivity index (χ0v) is 17.7. The Labute approximate surface area is 184 Å². The van der Waals surface area contributed by atoms with Crippen LogP contribution in [0.2, 0.25) is 0 Å². The number of anilines is 1. The van der Waals surface area contributed by atoms with Crippen LogP contribution in [0.1, 0.15) is 12.5 Å². The van der Waals surface area contributed by atoms with Crippen molar-refractivity contribution in [2.24, 2.45) is 0 Å². The summed E-state index contributed by atoms with van der Waals surface area (Å²) in [4.78, 5) is 24.6. The monoisotopic (exact) mass is 441 g/mol. The Morgan fingerprint density at radius 1 is 1.25 bits per heavy atom. The lowest BCUT2D eigenvalue weighted by Gasteiger charge is -2.15. The maximum absolute atomic E-state index is 14.9. The lowest BCUT2D eigenvalue weighted by molar-refractivity contribution is -0.739. The molecule has 0 bridgehead atoms. The zero-order chi connectivity index (χ0) is 22.5. The van der Waals surface area contributed by atoms with Crippen molar-refractivity contribution in [2.75, 3.05) is 24.5 Å². The van der Waals surface area contributed by atoms with Gasteiger partial charge in [-0.25, -0.2) is 20.0 Å². The predicted octanol–water partition coefficient (Wildman–Crippen LogP) is 0.471. The molecule has 2 amide bonds. The molecule has 0 radical (unpaired) electrons. The summed E-state index contributed by atoms with van der Waals surface area (Å²) in [5, 5.41) is 5.96. The van der Waals surface area contributed by atoms with Crippen molar-refractivity contribution in [2.45, 2.75) is 19.6 Å². The topological polar surface area (TPSA) is 111 Å². The number of hydrogen-bond donors (Lipinski definition) is 5. The minimum absolute atomic E-state index is 0.198. The van der Waals surface area contributed by atoms with Crippen molar-refractivity contribution >= 4 is 17.7 Å². The number of benzene rings is 2. The van der Waals surface area contributed by atoms with Crippen LogP contribution in [-0.4, -0.2) is 37.7 Å². The summed E-state index contributed by atoms with van der Waals surface area (Å²) in [5.41, 5.74) is 11.6. The second-order valence-electron chi connectivity index (χ2n) is 7.64. The van der Waals surface area contributed by atoms with Crippen molar-refractivity contribution in [3.05, 3.63) is 65.7 Å². The first kappa shape index (κ1) is 21.6. The Kier molecular flexibility index (Phi) is 6.52. The van der Waals surface area contributed by atoms with E-state index in [1.165, 1.54) is 17.9 Å². The summed E-state index contributed by atoms with van der Waals surface area (Å²) >= 11 is 0. The summed E-state index contributed by atoms with van der Waals surface area (Å²) in [7, 11) is 0. The smallest absolute Gasteiger partial charge is 0.414 e. The van der Waals surface area contributed by atoms with Crippen molar-refractivity contribution in [3.8, 4) is 11.1 Å². The zero-order valence-electron chi connectivity index (χ0n) is 17.7. The number of nitrogens with zero attached hydrogens (tertiary/aromatic N) is 1. The minimum atomic E-state index is -0.554. The SMILES string of the molecule is CC(=O)NC[C@H]1CN(c2ccc(-c3ccc(CNCC4=CN[NH2+]N4)cc3)c(F)c2)C(=O)O1. The molecule has 2 aliphatic heterocycles. The molecule has 0 saturated carbocycles. The number of carbonyl (C=O) groups excluding carboxylic acids is 2. The quantitative estimate of drug-likeness (QED) is 0.381. The van der Waals surface area contributed by atoms with Gasteiger partial charge in [0, 0.05) is 25.6 Å². The molecule has 0 unspecified atom stereocenters. The van der Waals surface area contributed by atoms with Crippen LogP contribution in [0.3, 0.4) is 0 Å². The number of nitrogens with two attached hydrogens (primary N) is 1. The van der Waals surface area contributed by atoms with E-state index in [2.05, 4.69) is 21.5 Å². The first-order chi connectivity index (χ1) is 15.5. The van der Waals surface area contributed by atoms with Crippen LogP contribution in [0.4, 0.5) is 14.9 Å². The fraction of sp³-hybridized carbons (Fsp3) is 0.273. The third-order valence-corrected chi connectivity index (χ3v) is 5.23. The van der Waals surface area contributed by atoms with Gasteiger partial charge < -0.3 is 15.4 Å². The largest absolute Gasteiger partial charge is 0.442 e. The molecule has 4 rings (SSSR count). The van der Waals surface area contributed by atoms with Gasteiger partial charge in [0.05, 0.1) is 30.7 Å². The fourth-order valence-electron chi connectivity index (χ4n) is 3.57. The lowest BCUT2D eigenvalue weighted by atomic mass is 10.0. The van der Waals surface area contributed by atoms with E-state index in [4.69, 9.17) is 4.74 Å². The number of nitrogens with one attached hydrogen (secondary N) is 4. The van der Waals surface area contributed by atoms with Crippen LogP contribution in [0.25, 0.3) is 11.1 Å². The summed E-state index contributed by atoms with van der Waals surface area (Å²) in [5.74, 6) is -0.620. The summed E-state index contributed by atoms with van der Waals surface area (Å²) in [6.45, 7) is 3.28. The number of quaternary nitrogens is 1. The number of amides is 2. The van der Waals surface area contributed by atoms with Crippen molar-refractivity contribution < 1.29 is 24.3 Å². The predicted molar refractivity (Wildman–Crippen MR) is 116 cm³/mol. The van der Waals surface area contributed by atoms with Gasteiger partial charge in [0.2, 0.25) is 5.91 Å². The van der Waals surface area contributed by atoms with Gasteiger partial charge in [-0.05, 0) is 29.3 Å². The molecule has 2 aliphatic rings. The third-order valence-electron chi connectivity index (χ3n) is 5.23. The van der Waals surface area contributed by atoms with E-state index < -0.39 is 18.0 Å². The molecule has 1 saturated heterocycles. The van der Waals surface area contributed by atoms with E-state index in [1.54, 1.807) is 17.7 Å². The highest BCUT2D eigenvalue weighted by Gasteiger charge is 2.32. The second kappa shape index (κ2) is 9.67. The number of carbonyl (C=O) groups is 2. The van der Waals surface area contributed by atoms with E-state index in [9.17, 15) is 14.0 Å². The Morgan fingerprint density at radius 2 is 2.06 bits per heavy atom. The molecule has 10 heteroatoms. The Hall–Kier alpha value is -3.63. The van der Waals surface area contributed by atoms with Gasteiger partial charge in [-0.15, -0.1) is 0 Å². The number of cyclic esters (lactones) is 1. The highest BCUT2D eigenvalue weighted by molar-refractivity contribution is 5.90. The Bertz CT molecular complexity index is 1030. The molecule has 0 spiro atoms. The van der Waals surface area contributed by atoms with Crippen LogP contribution in [0.15, 0.2) is 54.4 Å². The van der Waals surface area contributed by atoms with E-state index in [0.29, 0.717) is 24.3 Å². The van der Waals surface area contributed by atoms with Crippen molar-refractivity contribution in [1.29, 1.82) is 0 Å². The first-order valence-electron chi connectivity index (χ1n) is 10.3. The molecule has 2 aromatic carbocycles. The molecule has 1 fully saturated rings. The molecule has 2 aromatic rings. The Morgan fingerprint density at radius 3 is 2.75 bits per heavy atom. The van der Waals surface area contributed by atoms with E-state index in [1.807, 2.05) is 30.5 Å². The highest BCUT2D eigenvalue weighted by atomic mass is 19.1. The van der Waals surface area contributed by atoms with Gasteiger partial charge in [0.25, 0.3) is 0 Å². The van der Waals surface area contributed by atoms with E-state index in [-0.39, 0.29) is 19.0 Å². The average molecular weight is 441 g/mol. The average Bonchev–Trinajstić information content (AvgIpc) is 3.42. The molecule has 9 nitrogen and oxygen atoms in total. The lowest BCUT2D eigenvalue weighted by Crippen LogP contribution is -2.96. The minimum Gasteiger partial charge on any atom is -0.442 e. The molecule has 2 heterocycles. The summed E-state index contributed by atoms with van der Waals surface area (Å²) < 4.78 is 20.1. The van der Waals surface area contributed by atoms with Crippen molar-refractivity contribution in [3.63, 3.8) is 0 Å². The molecule has 32 heavy (non-hydrogen) atoms. The molecule has 6 N–H and O–H groups in total. The summed E-state index contributed by atoms with van der Waals surface area (Å²) in [6.07, 6.45) is 0.875. The molecule has 1 atom stereocenters. The van der Waals surface area contributed by atoms with Crippen LogP contribution in [0, 0.1) is 5.82 Å². The maximum Gasteiger partial charge on any atom is 0.414 e. The van der Waals surface area contributed by atoms with Gasteiger partial charge >= 0.3 is 6.09 Å². The molecule has 0 aliphatic carbocycles. The molecule has 168 valence electrons.